The van der Waals surface area contributed by atoms with Crippen molar-refractivity contribution in [3.8, 4) is 11.6 Å². The molecule has 1 amide bonds. The first-order valence-corrected chi connectivity index (χ1v) is 5.65. The second-order valence-corrected chi connectivity index (χ2v) is 3.95. The van der Waals surface area contributed by atoms with Crippen LogP contribution >= 0.6 is 11.6 Å². The molecule has 0 fully saturated rings. The number of halogens is 1. The second kappa shape index (κ2) is 5.53. The maximum absolute atomic E-state index is 11.9. The Labute approximate surface area is 114 Å². The largest absolute Gasteiger partial charge is 0.508 e. The van der Waals surface area contributed by atoms with E-state index in [1.807, 2.05) is 0 Å². The first-order valence-electron chi connectivity index (χ1n) is 5.27. The normalized spacial score (nSPS) is 10.0. The highest BCUT2D eigenvalue weighted by molar-refractivity contribution is 6.29. The van der Waals surface area contributed by atoms with Crippen LogP contribution in [0.5, 0.6) is 11.6 Å². The summed E-state index contributed by atoms with van der Waals surface area (Å²) in [6.07, 6.45) is 0. The van der Waals surface area contributed by atoms with E-state index < -0.39 is 5.91 Å². The number of aromatic nitrogens is 2. The molecule has 98 valence electrons. The van der Waals surface area contributed by atoms with Crippen molar-refractivity contribution in [2.45, 2.75) is 0 Å². The molecule has 2 N–H and O–H groups in total. The summed E-state index contributed by atoms with van der Waals surface area (Å²) in [6, 6.07) is 7.33. The second-order valence-electron chi connectivity index (χ2n) is 3.56. The zero-order valence-corrected chi connectivity index (χ0v) is 10.7. The van der Waals surface area contributed by atoms with Crippen LogP contribution in [0.4, 0.5) is 5.95 Å². The molecular weight excluding hydrogens is 270 g/mol. The molecule has 0 spiro atoms. The Morgan fingerprint density at radius 1 is 1.37 bits per heavy atom. The Morgan fingerprint density at radius 2 is 2.16 bits per heavy atom. The molecule has 0 unspecified atom stereocenters. The summed E-state index contributed by atoms with van der Waals surface area (Å²) in [5, 5.41) is 11.9. The highest BCUT2D eigenvalue weighted by Gasteiger charge is 2.10. The Hall–Kier alpha value is -2.34. The summed E-state index contributed by atoms with van der Waals surface area (Å²) in [5.74, 6) is -0.193. The molecule has 0 aliphatic carbocycles. The predicted octanol–water partition coefficient (Wildman–Crippen LogP) is 2.10. The van der Waals surface area contributed by atoms with Crippen LogP contribution in [0.25, 0.3) is 0 Å². The number of methoxy groups -OCH3 is 1. The number of hydrogen-bond donors (Lipinski definition) is 2. The number of nitrogens with one attached hydrogen (secondary N) is 1. The molecule has 1 aromatic heterocycles. The van der Waals surface area contributed by atoms with Gasteiger partial charge in [-0.25, -0.2) is 4.98 Å². The van der Waals surface area contributed by atoms with Crippen molar-refractivity contribution < 1.29 is 14.6 Å². The smallest absolute Gasteiger partial charge is 0.258 e. The SMILES string of the molecule is COc1cc(Cl)nc(NC(=O)c2cccc(O)c2)n1. The van der Waals surface area contributed by atoms with Crippen LogP contribution in [0.15, 0.2) is 30.3 Å². The average molecular weight is 280 g/mol. The lowest BCUT2D eigenvalue weighted by Gasteiger charge is -2.06. The number of ether oxygens (including phenoxy) is 1. The van der Waals surface area contributed by atoms with Gasteiger partial charge in [-0.3, -0.25) is 10.1 Å². The number of benzene rings is 1. The molecule has 0 bridgehead atoms. The molecule has 7 heteroatoms. The van der Waals surface area contributed by atoms with E-state index in [1.165, 1.54) is 25.3 Å². The molecule has 0 aliphatic rings. The molecule has 0 aliphatic heterocycles. The third-order valence-electron chi connectivity index (χ3n) is 2.21. The van der Waals surface area contributed by atoms with Crippen LogP contribution in [0.2, 0.25) is 5.15 Å². The van der Waals surface area contributed by atoms with Gasteiger partial charge in [0.2, 0.25) is 11.8 Å². The Kier molecular flexibility index (Phi) is 3.82. The number of anilines is 1. The zero-order valence-electron chi connectivity index (χ0n) is 9.92. The standard InChI is InChI=1S/C12H10ClN3O3/c1-19-10-6-9(13)14-12(15-10)16-11(18)7-3-2-4-8(17)5-7/h2-6,17H,1H3,(H,14,15,16,18). The number of hydrogen-bond acceptors (Lipinski definition) is 5. The monoisotopic (exact) mass is 279 g/mol. The minimum absolute atomic E-state index is 0.00255. The van der Waals surface area contributed by atoms with Crippen molar-refractivity contribution in [1.29, 1.82) is 0 Å². The van der Waals surface area contributed by atoms with Crippen molar-refractivity contribution in [3.05, 3.63) is 41.0 Å². The van der Waals surface area contributed by atoms with Gasteiger partial charge in [0, 0.05) is 11.6 Å². The molecule has 0 saturated heterocycles. The fourth-order valence-corrected chi connectivity index (χ4v) is 1.55. The summed E-state index contributed by atoms with van der Waals surface area (Å²) in [4.78, 5) is 19.7. The number of nitrogens with zero attached hydrogens (tertiary/aromatic N) is 2. The number of carbonyl (C=O) groups is 1. The first-order chi connectivity index (χ1) is 9.08. The zero-order chi connectivity index (χ0) is 13.8. The van der Waals surface area contributed by atoms with Gasteiger partial charge in [-0.15, -0.1) is 0 Å². The highest BCUT2D eigenvalue weighted by Crippen LogP contribution is 2.17. The molecule has 1 aromatic carbocycles. The quantitative estimate of drug-likeness (QED) is 0.841. The molecule has 19 heavy (non-hydrogen) atoms. The van der Waals surface area contributed by atoms with E-state index in [9.17, 15) is 9.90 Å². The lowest BCUT2D eigenvalue weighted by Crippen LogP contribution is -2.14. The summed E-state index contributed by atoms with van der Waals surface area (Å²) in [6.45, 7) is 0. The number of phenolic OH excluding ortho intramolecular Hbond substituents is 1. The Bertz CT molecular complexity index is 619. The van der Waals surface area contributed by atoms with Crippen molar-refractivity contribution in [2.24, 2.45) is 0 Å². The third-order valence-corrected chi connectivity index (χ3v) is 2.41. The molecule has 2 rings (SSSR count). The number of amides is 1. The molecule has 0 atom stereocenters. The van der Waals surface area contributed by atoms with Gasteiger partial charge in [0.15, 0.2) is 0 Å². The fourth-order valence-electron chi connectivity index (χ4n) is 1.38. The number of carbonyl (C=O) groups excluding carboxylic acids is 1. The molecular formula is C12H10ClN3O3. The summed E-state index contributed by atoms with van der Waals surface area (Å²) in [5.41, 5.74) is 0.280. The molecule has 1 heterocycles. The minimum Gasteiger partial charge on any atom is -0.508 e. The van der Waals surface area contributed by atoms with E-state index in [0.29, 0.717) is 0 Å². The van der Waals surface area contributed by atoms with Crippen LogP contribution in [0.3, 0.4) is 0 Å². The lowest BCUT2D eigenvalue weighted by atomic mass is 10.2. The topological polar surface area (TPSA) is 84.3 Å². The van der Waals surface area contributed by atoms with Gasteiger partial charge in [0.25, 0.3) is 5.91 Å². The van der Waals surface area contributed by atoms with Gasteiger partial charge in [-0.05, 0) is 18.2 Å². The maximum Gasteiger partial charge on any atom is 0.258 e. The van der Waals surface area contributed by atoms with Gasteiger partial charge in [0.1, 0.15) is 10.9 Å². The van der Waals surface area contributed by atoms with Crippen molar-refractivity contribution in [2.75, 3.05) is 12.4 Å². The van der Waals surface area contributed by atoms with Crippen LogP contribution in [-0.4, -0.2) is 28.1 Å². The highest BCUT2D eigenvalue weighted by atomic mass is 35.5. The molecule has 0 saturated carbocycles. The van der Waals surface area contributed by atoms with Gasteiger partial charge >= 0.3 is 0 Å². The summed E-state index contributed by atoms with van der Waals surface area (Å²) >= 11 is 5.76. The van der Waals surface area contributed by atoms with Crippen LogP contribution in [-0.2, 0) is 0 Å². The Morgan fingerprint density at radius 3 is 2.84 bits per heavy atom. The van der Waals surface area contributed by atoms with Crippen molar-refractivity contribution in [1.82, 2.24) is 9.97 Å². The minimum atomic E-state index is -0.458. The first kappa shape index (κ1) is 13.1. The van der Waals surface area contributed by atoms with E-state index >= 15 is 0 Å². The van der Waals surface area contributed by atoms with Gasteiger partial charge in [0.05, 0.1) is 7.11 Å². The Balaban J connectivity index is 2.21. The van der Waals surface area contributed by atoms with E-state index in [0.717, 1.165) is 0 Å². The van der Waals surface area contributed by atoms with Gasteiger partial charge in [-0.2, -0.15) is 4.98 Å². The molecule has 2 aromatic rings. The number of phenols is 1. The van der Waals surface area contributed by atoms with Gasteiger partial charge in [-0.1, -0.05) is 17.7 Å². The van der Waals surface area contributed by atoms with Crippen molar-refractivity contribution >= 4 is 23.5 Å². The van der Waals surface area contributed by atoms with Crippen LogP contribution in [0.1, 0.15) is 10.4 Å². The number of aromatic hydroxyl groups is 1. The summed E-state index contributed by atoms with van der Waals surface area (Å²) in [7, 11) is 1.43. The number of rotatable bonds is 3. The fraction of sp³-hybridized carbons (Fsp3) is 0.0833. The third kappa shape index (κ3) is 3.32. The lowest BCUT2D eigenvalue weighted by molar-refractivity contribution is 0.102. The maximum atomic E-state index is 11.9. The van der Waals surface area contributed by atoms with E-state index in [-0.39, 0.29) is 28.3 Å². The van der Waals surface area contributed by atoms with E-state index in [4.69, 9.17) is 16.3 Å². The predicted molar refractivity (Wildman–Crippen MR) is 69.7 cm³/mol. The van der Waals surface area contributed by atoms with E-state index in [2.05, 4.69) is 15.3 Å². The van der Waals surface area contributed by atoms with Gasteiger partial charge < -0.3 is 9.84 Å². The van der Waals surface area contributed by atoms with Crippen LogP contribution < -0.4 is 10.1 Å². The molecule has 0 radical (unpaired) electrons. The van der Waals surface area contributed by atoms with E-state index in [1.54, 1.807) is 12.1 Å². The molecule has 6 nitrogen and oxygen atoms in total. The summed E-state index contributed by atoms with van der Waals surface area (Å²) < 4.78 is 4.92. The van der Waals surface area contributed by atoms with Crippen LogP contribution in [0, 0.1) is 0 Å². The average Bonchev–Trinajstić information content (AvgIpc) is 2.38. The van der Waals surface area contributed by atoms with Crippen molar-refractivity contribution in [3.63, 3.8) is 0 Å².